The first-order valence-electron chi connectivity index (χ1n) is 7.39. The van der Waals surface area contributed by atoms with Crippen molar-refractivity contribution in [3.05, 3.63) is 35.9 Å². The molecule has 1 unspecified atom stereocenters. The second-order valence-corrected chi connectivity index (χ2v) is 4.94. The standard InChI is InChI=1S/C15H25N3O/c1-12(11-13-7-3-2-4-8-13)18-15(19)14(17)9-5-6-10-16/h2-4,7-8,12,14H,5-6,9-11,16-17H2,1H3,(H,18,19)/t12?,14-/m0/s1/i/hD. The number of nitrogens with two attached hydrogens (primary N) is 2. The van der Waals surface area contributed by atoms with Crippen molar-refractivity contribution in [2.45, 2.75) is 44.7 Å². The SMILES string of the molecule is [2H]N[C@@H](CCCCN)C(=O)NC(C)Cc1ccccc1. The molecule has 1 amide bonds. The quantitative estimate of drug-likeness (QED) is 0.586. The van der Waals surface area contributed by atoms with Gasteiger partial charge in [0.15, 0.2) is 0 Å². The van der Waals surface area contributed by atoms with Gasteiger partial charge in [0.1, 0.15) is 1.41 Å². The molecule has 0 fully saturated rings. The van der Waals surface area contributed by atoms with Crippen molar-refractivity contribution in [2.24, 2.45) is 11.5 Å². The van der Waals surface area contributed by atoms with Crippen molar-refractivity contribution in [2.75, 3.05) is 6.54 Å². The highest BCUT2D eigenvalue weighted by atomic mass is 16.2. The van der Waals surface area contributed by atoms with Gasteiger partial charge in [-0.1, -0.05) is 36.8 Å². The molecule has 1 rings (SSSR count). The van der Waals surface area contributed by atoms with E-state index in [4.69, 9.17) is 7.15 Å². The van der Waals surface area contributed by atoms with E-state index in [0.717, 1.165) is 19.3 Å². The van der Waals surface area contributed by atoms with Gasteiger partial charge in [0, 0.05) is 6.04 Å². The van der Waals surface area contributed by atoms with E-state index in [0.29, 0.717) is 13.0 Å². The zero-order valence-electron chi connectivity index (χ0n) is 12.6. The Labute approximate surface area is 117 Å². The van der Waals surface area contributed by atoms with Gasteiger partial charge < -0.3 is 16.8 Å². The maximum Gasteiger partial charge on any atom is 0.237 e. The van der Waals surface area contributed by atoms with Gasteiger partial charge in [-0.25, -0.2) is 0 Å². The van der Waals surface area contributed by atoms with Crippen molar-refractivity contribution in [3.8, 4) is 0 Å². The van der Waals surface area contributed by atoms with Crippen LogP contribution in [-0.2, 0) is 11.2 Å². The number of carbonyl (C=O) groups excluding carboxylic acids is 1. The van der Waals surface area contributed by atoms with Crippen LogP contribution in [0.3, 0.4) is 0 Å². The summed E-state index contributed by atoms with van der Waals surface area (Å²) in [6.07, 6.45) is 3.17. The smallest absolute Gasteiger partial charge is 0.237 e. The van der Waals surface area contributed by atoms with Crippen LogP contribution in [0.4, 0.5) is 0 Å². The molecule has 0 spiro atoms. The molecule has 0 saturated heterocycles. The molecule has 0 radical (unpaired) electrons. The summed E-state index contributed by atoms with van der Waals surface area (Å²) in [6.45, 7) is 2.60. The second kappa shape index (κ2) is 8.67. The Morgan fingerprint density at radius 3 is 2.74 bits per heavy atom. The van der Waals surface area contributed by atoms with Gasteiger partial charge in [0.05, 0.1) is 6.04 Å². The van der Waals surface area contributed by atoms with Crippen LogP contribution in [0.5, 0.6) is 0 Å². The highest BCUT2D eigenvalue weighted by molar-refractivity contribution is 5.81. The van der Waals surface area contributed by atoms with Crippen molar-refractivity contribution in [1.82, 2.24) is 5.32 Å². The summed E-state index contributed by atoms with van der Waals surface area (Å²) in [7, 11) is 0. The molecule has 0 heterocycles. The zero-order chi connectivity index (χ0) is 14.8. The van der Waals surface area contributed by atoms with Gasteiger partial charge in [0.2, 0.25) is 5.91 Å². The molecule has 1 aromatic rings. The molecule has 19 heavy (non-hydrogen) atoms. The lowest BCUT2D eigenvalue weighted by molar-refractivity contribution is -0.123. The van der Waals surface area contributed by atoms with Crippen molar-refractivity contribution in [3.63, 3.8) is 0 Å². The summed E-state index contributed by atoms with van der Waals surface area (Å²) in [5.41, 5.74) is 8.95. The molecule has 4 nitrogen and oxygen atoms in total. The molecule has 0 aliphatic rings. The van der Waals surface area contributed by atoms with Crippen LogP contribution >= 0.6 is 0 Å². The van der Waals surface area contributed by atoms with Gasteiger partial charge in [-0.05, 0) is 38.3 Å². The third-order valence-electron chi connectivity index (χ3n) is 3.04. The number of rotatable bonds is 9. The number of nitrogens with one attached hydrogen (secondary N) is 1. The van der Waals surface area contributed by atoms with Crippen LogP contribution in [0.2, 0.25) is 1.41 Å². The molecule has 0 bridgehead atoms. The molecule has 5 N–H and O–H groups in total. The predicted octanol–water partition coefficient (Wildman–Crippen LogP) is 1.19. The maximum atomic E-state index is 12.0. The molecule has 2 atom stereocenters. The minimum atomic E-state index is -0.459. The van der Waals surface area contributed by atoms with Crippen molar-refractivity contribution < 1.29 is 6.21 Å². The number of hydrogen-bond acceptors (Lipinski definition) is 3. The van der Waals surface area contributed by atoms with Crippen LogP contribution in [-0.4, -0.2) is 24.5 Å². The van der Waals surface area contributed by atoms with E-state index in [-0.39, 0.29) is 11.9 Å². The van der Waals surface area contributed by atoms with Crippen molar-refractivity contribution >= 4 is 5.91 Å². The fourth-order valence-corrected chi connectivity index (χ4v) is 1.99. The Bertz CT molecular complexity index is 386. The summed E-state index contributed by atoms with van der Waals surface area (Å²) < 4.78 is 7.25. The van der Waals surface area contributed by atoms with Crippen LogP contribution in [0.1, 0.15) is 31.7 Å². The summed E-state index contributed by atoms with van der Waals surface area (Å²) in [5, 5.41) is 2.95. The molecular weight excluding hydrogens is 238 g/mol. The van der Waals surface area contributed by atoms with E-state index in [9.17, 15) is 4.79 Å². The molecular formula is C15H25N3O. The maximum absolute atomic E-state index is 12.0. The van der Waals surface area contributed by atoms with E-state index in [1.165, 1.54) is 5.56 Å². The lowest BCUT2D eigenvalue weighted by atomic mass is 10.1. The van der Waals surface area contributed by atoms with Gasteiger partial charge >= 0.3 is 0 Å². The number of amides is 1. The number of hydrogen-bond donors (Lipinski definition) is 3. The Balaban J connectivity index is 2.39. The zero-order valence-corrected chi connectivity index (χ0v) is 11.6. The highest BCUT2D eigenvalue weighted by Gasteiger charge is 2.15. The lowest BCUT2D eigenvalue weighted by Crippen LogP contribution is -2.45. The minimum Gasteiger partial charge on any atom is -0.352 e. The largest absolute Gasteiger partial charge is 0.352 e. The van der Waals surface area contributed by atoms with Gasteiger partial charge in [-0.2, -0.15) is 0 Å². The molecule has 4 heteroatoms. The van der Waals surface area contributed by atoms with Crippen LogP contribution in [0.25, 0.3) is 0 Å². The summed E-state index contributed by atoms with van der Waals surface area (Å²) in [6, 6.07) is 9.64. The molecule has 0 saturated carbocycles. The molecule has 1 aromatic carbocycles. The third kappa shape index (κ3) is 6.36. The Morgan fingerprint density at radius 1 is 1.37 bits per heavy atom. The minimum absolute atomic E-state index is 0.0512. The summed E-state index contributed by atoms with van der Waals surface area (Å²) in [5.74, 6) is -0.111. The Morgan fingerprint density at radius 2 is 2.11 bits per heavy atom. The van der Waals surface area contributed by atoms with Crippen LogP contribution < -0.4 is 16.8 Å². The summed E-state index contributed by atoms with van der Waals surface area (Å²) >= 11 is 0. The molecule has 0 aliphatic heterocycles. The van der Waals surface area contributed by atoms with E-state index >= 15 is 0 Å². The highest BCUT2D eigenvalue weighted by Crippen LogP contribution is 2.04. The van der Waals surface area contributed by atoms with Gasteiger partial charge in [0.25, 0.3) is 0 Å². The fourth-order valence-electron chi connectivity index (χ4n) is 1.99. The predicted molar refractivity (Wildman–Crippen MR) is 78.6 cm³/mol. The average Bonchev–Trinajstić information content (AvgIpc) is 2.44. The Kier molecular flexibility index (Phi) is 6.40. The van der Waals surface area contributed by atoms with Gasteiger partial charge in [-0.3, -0.25) is 4.79 Å². The first-order chi connectivity index (χ1) is 9.67. The van der Waals surface area contributed by atoms with Crippen LogP contribution in [0, 0.1) is 0 Å². The number of benzene rings is 1. The first kappa shape index (κ1) is 14.0. The first-order valence-corrected chi connectivity index (χ1v) is 6.89. The Hall–Kier alpha value is -1.39. The van der Waals surface area contributed by atoms with Crippen molar-refractivity contribution in [1.29, 1.82) is 0 Å². The molecule has 106 valence electrons. The third-order valence-corrected chi connectivity index (χ3v) is 3.04. The lowest BCUT2D eigenvalue weighted by Gasteiger charge is -2.17. The van der Waals surface area contributed by atoms with E-state index < -0.39 is 6.04 Å². The second-order valence-electron chi connectivity index (χ2n) is 4.94. The van der Waals surface area contributed by atoms with Crippen LogP contribution in [0.15, 0.2) is 30.3 Å². The monoisotopic (exact) mass is 264 g/mol. The fraction of sp³-hybridized carbons (Fsp3) is 0.533. The summed E-state index contributed by atoms with van der Waals surface area (Å²) in [4.78, 5) is 12.0. The molecule has 0 aromatic heterocycles. The van der Waals surface area contributed by atoms with E-state index in [2.05, 4.69) is 11.0 Å². The van der Waals surface area contributed by atoms with Gasteiger partial charge in [-0.15, -0.1) is 0 Å². The topological polar surface area (TPSA) is 81.1 Å². The van der Waals surface area contributed by atoms with E-state index in [1.807, 2.05) is 37.3 Å². The average molecular weight is 264 g/mol. The normalized spacial score (nSPS) is 14.5. The molecule has 0 aliphatic carbocycles. The number of carbonyl (C=O) groups is 1. The van der Waals surface area contributed by atoms with E-state index in [1.54, 1.807) is 0 Å². The number of unbranched alkanes of at least 4 members (excludes halogenated alkanes) is 1.